The number of hydrogen-bond donors (Lipinski definition) is 1. The second-order valence-electron chi connectivity index (χ2n) is 5.66. The van der Waals surface area contributed by atoms with E-state index in [1.54, 1.807) is 0 Å². The zero-order valence-corrected chi connectivity index (χ0v) is 9.68. The Morgan fingerprint density at radius 2 is 1.69 bits per heavy atom. The third kappa shape index (κ3) is 0.967. The van der Waals surface area contributed by atoms with E-state index in [0.717, 1.165) is 11.8 Å². The van der Waals surface area contributed by atoms with Gasteiger partial charge in [0.15, 0.2) is 0 Å². The first-order valence-corrected chi connectivity index (χ1v) is 6.22. The molecule has 4 bridgehead atoms. The third-order valence-corrected chi connectivity index (χ3v) is 6.28. The smallest absolute Gasteiger partial charge is 0.0800 e. The molecular formula is C11H17BrO. The fraction of sp³-hybridized carbons (Fsp3) is 1.00. The molecule has 0 aliphatic heterocycles. The molecule has 0 heterocycles. The lowest BCUT2D eigenvalue weighted by atomic mass is 9.50. The summed E-state index contributed by atoms with van der Waals surface area (Å²) < 4.78 is 0.0642. The topological polar surface area (TPSA) is 20.2 Å². The van der Waals surface area contributed by atoms with Crippen LogP contribution >= 0.6 is 15.9 Å². The van der Waals surface area contributed by atoms with Crippen LogP contribution in [-0.4, -0.2) is 15.0 Å². The molecule has 0 aromatic carbocycles. The van der Waals surface area contributed by atoms with Gasteiger partial charge in [-0.2, -0.15) is 0 Å². The summed E-state index contributed by atoms with van der Waals surface area (Å²) in [6.45, 7) is 2.05. The minimum atomic E-state index is -0.444. The third-order valence-electron chi connectivity index (χ3n) is 4.83. The molecule has 74 valence electrons. The monoisotopic (exact) mass is 244 g/mol. The molecule has 1 nitrogen and oxygen atoms in total. The van der Waals surface area contributed by atoms with Gasteiger partial charge in [-0.15, -0.1) is 0 Å². The first-order valence-electron chi connectivity index (χ1n) is 5.42. The Hall–Kier alpha value is 0.440. The molecule has 0 saturated heterocycles. The predicted molar refractivity (Wildman–Crippen MR) is 55.8 cm³/mol. The zero-order valence-electron chi connectivity index (χ0n) is 8.09. The van der Waals surface area contributed by atoms with Gasteiger partial charge < -0.3 is 5.11 Å². The van der Waals surface area contributed by atoms with Crippen molar-refractivity contribution in [1.29, 1.82) is 0 Å². The van der Waals surface area contributed by atoms with Crippen LogP contribution in [0.1, 0.15) is 39.0 Å². The Morgan fingerprint density at radius 3 is 2.15 bits per heavy atom. The van der Waals surface area contributed by atoms with Gasteiger partial charge in [-0.1, -0.05) is 15.9 Å². The molecule has 2 heteroatoms. The Kier molecular flexibility index (Phi) is 1.56. The van der Waals surface area contributed by atoms with Crippen LogP contribution in [0.15, 0.2) is 0 Å². The van der Waals surface area contributed by atoms with Gasteiger partial charge in [0, 0.05) is 0 Å². The molecule has 3 atom stereocenters. The van der Waals surface area contributed by atoms with Crippen molar-refractivity contribution in [2.45, 2.75) is 49.0 Å². The number of hydrogen-bond acceptors (Lipinski definition) is 1. The average molecular weight is 245 g/mol. The second-order valence-corrected chi connectivity index (χ2v) is 7.18. The molecule has 0 spiro atoms. The molecule has 0 aromatic heterocycles. The summed E-state index contributed by atoms with van der Waals surface area (Å²) in [5.74, 6) is 2.37. The van der Waals surface area contributed by atoms with Gasteiger partial charge in [0.2, 0.25) is 0 Å². The quantitative estimate of drug-likeness (QED) is 0.650. The summed E-state index contributed by atoms with van der Waals surface area (Å²) >= 11 is 3.83. The van der Waals surface area contributed by atoms with Gasteiger partial charge in [0.05, 0.1) is 9.93 Å². The lowest BCUT2D eigenvalue weighted by molar-refractivity contribution is -0.141. The number of halogens is 1. The highest BCUT2D eigenvalue weighted by Gasteiger charge is 2.61. The lowest BCUT2D eigenvalue weighted by Crippen LogP contribution is -2.64. The Labute approximate surface area is 88.0 Å². The van der Waals surface area contributed by atoms with Crippen LogP contribution in [0.3, 0.4) is 0 Å². The SMILES string of the molecule is CC1(O)C2CC3CC(C2)CC1(Br)C3. The normalized spacial score (nSPS) is 64.4. The number of alkyl halides is 1. The van der Waals surface area contributed by atoms with Crippen molar-refractivity contribution in [3.8, 4) is 0 Å². The summed E-state index contributed by atoms with van der Waals surface area (Å²) in [7, 11) is 0. The number of aliphatic hydroxyl groups is 1. The molecule has 4 aliphatic carbocycles. The van der Waals surface area contributed by atoms with Crippen LogP contribution < -0.4 is 0 Å². The van der Waals surface area contributed by atoms with Crippen molar-refractivity contribution >= 4 is 15.9 Å². The summed E-state index contributed by atoms with van der Waals surface area (Å²) in [5.41, 5.74) is -0.444. The van der Waals surface area contributed by atoms with Gasteiger partial charge in [0.1, 0.15) is 0 Å². The molecule has 13 heavy (non-hydrogen) atoms. The average Bonchev–Trinajstić information content (AvgIpc) is 1.99. The predicted octanol–water partition coefficient (Wildman–Crippen LogP) is 2.71. The molecule has 4 rings (SSSR count). The van der Waals surface area contributed by atoms with Crippen molar-refractivity contribution in [3.63, 3.8) is 0 Å². The summed E-state index contributed by atoms with van der Waals surface area (Å²) in [4.78, 5) is 0. The van der Waals surface area contributed by atoms with E-state index in [2.05, 4.69) is 15.9 Å². The fourth-order valence-electron chi connectivity index (χ4n) is 4.13. The van der Waals surface area contributed by atoms with Gasteiger partial charge >= 0.3 is 0 Å². The van der Waals surface area contributed by atoms with E-state index < -0.39 is 5.60 Å². The molecule has 3 unspecified atom stereocenters. The largest absolute Gasteiger partial charge is 0.388 e. The minimum Gasteiger partial charge on any atom is -0.388 e. The maximum atomic E-state index is 10.5. The molecule has 4 aliphatic rings. The highest BCUT2D eigenvalue weighted by molar-refractivity contribution is 9.10. The summed E-state index contributed by atoms with van der Waals surface area (Å²) in [6.07, 6.45) is 6.38. The van der Waals surface area contributed by atoms with E-state index in [0.29, 0.717) is 5.92 Å². The zero-order chi connectivity index (χ0) is 9.27. The van der Waals surface area contributed by atoms with Crippen LogP contribution in [0.5, 0.6) is 0 Å². The highest BCUT2D eigenvalue weighted by atomic mass is 79.9. The van der Waals surface area contributed by atoms with Crippen molar-refractivity contribution in [2.24, 2.45) is 17.8 Å². The van der Waals surface area contributed by atoms with Crippen molar-refractivity contribution in [2.75, 3.05) is 0 Å². The van der Waals surface area contributed by atoms with Crippen LogP contribution in [-0.2, 0) is 0 Å². The standard InChI is InChI=1S/C11H17BrO/c1-10(13)9-3-7-2-8(4-9)6-11(10,12)5-7/h7-9,13H,2-6H2,1H3. The fourth-order valence-corrected chi connectivity index (χ4v) is 5.37. The van der Waals surface area contributed by atoms with Crippen LogP contribution in [0, 0.1) is 17.8 Å². The van der Waals surface area contributed by atoms with E-state index in [9.17, 15) is 5.11 Å². The Balaban J connectivity index is 2.03. The first-order chi connectivity index (χ1) is 6.01. The maximum Gasteiger partial charge on any atom is 0.0800 e. The maximum absolute atomic E-state index is 10.5. The van der Waals surface area contributed by atoms with Crippen molar-refractivity contribution in [1.82, 2.24) is 0 Å². The molecule has 0 aromatic rings. The van der Waals surface area contributed by atoms with Gasteiger partial charge in [0.25, 0.3) is 0 Å². The van der Waals surface area contributed by atoms with Gasteiger partial charge in [-0.05, 0) is 56.8 Å². The Bertz CT molecular complexity index is 234. The van der Waals surface area contributed by atoms with E-state index in [1.807, 2.05) is 6.92 Å². The molecule has 4 fully saturated rings. The lowest BCUT2D eigenvalue weighted by Gasteiger charge is -2.62. The van der Waals surface area contributed by atoms with E-state index in [-0.39, 0.29) is 4.32 Å². The molecule has 1 N–H and O–H groups in total. The van der Waals surface area contributed by atoms with E-state index >= 15 is 0 Å². The van der Waals surface area contributed by atoms with E-state index in [1.165, 1.54) is 32.1 Å². The summed E-state index contributed by atoms with van der Waals surface area (Å²) in [6, 6.07) is 0. The Morgan fingerprint density at radius 1 is 1.15 bits per heavy atom. The molecular weight excluding hydrogens is 228 g/mol. The number of rotatable bonds is 0. The second kappa shape index (κ2) is 2.33. The minimum absolute atomic E-state index is 0.0642. The van der Waals surface area contributed by atoms with Crippen molar-refractivity contribution in [3.05, 3.63) is 0 Å². The van der Waals surface area contributed by atoms with Crippen LogP contribution in [0.4, 0.5) is 0 Å². The molecule has 0 radical (unpaired) electrons. The van der Waals surface area contributed by atoms with E-state index in [4.69, 9.17) is 0 Å². The highest BCUT2D eigenvalue weighted by Crippen LogP contribution is 2.63. The summed E-state index contributed by atoms with van der Waals surface area (Å²) in [5, 5.41) is 10.5. The molecule has 4 saturated carbocycles. The van der Waals surface area contributed by atoms with Crippen LogP contribution in [0.2, 0.25) is 0 Å². The molecule has 0 amide bonds. The van der Waals surface area contributed by atoms with Gasteiger partial charge in [-0.3, -0.25) is 0 Å². The van der Waals surface area contributed by atoms with Crippen LogP contribution in [0.25, 0.3) is 0 Å². The first kappa shape index (κ1) is 8.72. The van der Waals surface area contributed by atoms with Crippen molar-refractivity contribution < 1.29 is 5.11 Å². The van der Waals surface area contributed by atoms with Gasteiger partial charge in [-0.25, -0.2) is 0 Å².